The summed E-state index contributed by atoms with van der Waals surface area (Å²) in [4.78, 5) is 0. The summed E-state index contributed by atoms with van der Waals surface area (Å²) in [6, 6.07) is 44.8. The van der Waals surface area contributed by atoms with Crippen molar-refractivity contribution in [2.45, 2.75) is 104 Å². The van der Waals surface area contributed by atoms with Crippen LogP contribution in [0.4, 0.5) is 0 Å². The zero-order chi connectivity index (χ0) is 33.6. The smallest absolute Gasteiger partial charge is 0.0184 e. The summed E-state index contributed by atoms with van der Waals surface area (Å²) in [6.45, 7) is 9.74. The molecule has 0 heterocycles. The molecule has 0 aromatic heterocycles. The van der Waals surface area contributed by atoms with Crippen molar-refractivity contribution in [3.8, 4) is 11.1 Å². The standard InChI is InChI=1S/C12H24N.C12H11Si.C12H10.C9H13.Zr/c13-12-10-8-6-4-2-1-3-5-7-9-11-12;1-3-7-11(8-4-1)13-12-9-5-2-6-10-12;1-3-7-11(8-4-1)12-9-5-2-6-10-12;1-6-5-7(2)9(4)8(6)3;/h12-13H,1-11H2;1-10,13H;1-10H;6H,1-4H3;/q-1;;;;+1. The first-order valence-corrected chi connectivity index (χ1v) is 27.2. The number of nitrogens with one attached hydrogen (secondary N) is 1. The number of allylic oxidation sites excluding steroid dienone is 4. The number of hydrogen-bond acceptors (Lipinski definition) is 1. The molecule has 0 spiro atoms. The molecule has 2 aliphatic rings. The molecule has 6 rings (SSSR count). The van der Waals surface area contributed by atoms with Crippen molar-refractivity contribution < 1.29 is 21.2 Å². The largest absolute Gasteiger partial charge is 0.0622 e. The van der Waals surface area contributed by atoms with Gasteiger partial charge in [-0.15, -0.1) is 0 Å². The van der Waals surface area contributed by atoms with E-state index >= 15 is 0 Å². The van der Waals surface area contributed by atoms with Crippen LogP contribution in [0.2, 0.25) is 0 Å². The Morgan fingerprint density at radius 1 is 0.500 bits per heavy atom. The molecule has 1 atom stereocenters. The monoisotopic (exact) mass is 730 g/mol. The van der Waals surface area contributed by atoms with E-state index in [1.807, 2.05) is 15.4 Å². The predicted octanol–water partition coefficient (Wildman–Crippen LogP) is 10.9. The molecule has 0 radical (unpaired) electrons. The molecule has 0 amide bonds. The average Bonchev–Trinajstić information content (AvgIpc) is 3.32. The normalized spacial score (nSPS) is 18.1. The first-order valence-electron chi connectivity index (χ1n) is 18.8. The van der Waals surface area contributed by atoms with Gasteiger partial charge in [-0.2, -0.15) is 0 Å². The van der Waals surface area contributed by atoms with E-state index in [4.69, 9.17) is 0 Å². The minimum atomic E-state index is -2.27. The second kappa shape index (κ2) is 19.6. The van der Waals surface area contributed by atoms with Crippen LogP contribution in [0.25, 0.3) is 11.1 Å². The average molecular weight is 732 g/mol. The third-order valence-electron chi connectivity index (χ3n) is 10.8. The van der Waals surface area contributed by atoms with Gasteiger partial charge in [-0.05, 0) is 11.1 Å². The predicted molar refractivity (Wildman–Crippen MR) is 209 cm³/mol. The number of rotatable bonds is 7. The van der Waals surface area contributed by atoms with Gasteiger partial charge in [-0.25, -0.2) is 0 Å². The third-order valence-corrected chi connectivity index (χ3v) is 30.7. The van der Waals surface area contributed by atoms with Gasteiger partial charge < -0.3 is 0 Å². The number of benzene rings is 4. The van der Waals surface area contributed by atoms with E-state index in [1.54, 1.807) is 27.1 Å². The summed E-state index contributed by atoms with van der Waals surface area (Å²) < 4.78 is 6.50. The fourth-order valence-electron chi connectivity index (χ4n) is 7.72. The van der Waals surface area contributed by atoms with Crippen LogP contribution < -0.4 is 13.6 Å². The quantitative estimate of drug-likeness (QED) is 0.187. The van der Waals surface area contributed by atoms with Crippen LogP contribution in [0, 0.1) is 5.92 Å². The van der Waals surface area contributed by atoms with Crippen molar-refractivity contribution in [3.63, 3.8) is 0 Å². The van der Waals surface area contributed by atoms with Crippen molar-refractivity contribution in [2.75, 3.05) is 0 Å². The Morgan fingerprint density at radius 3 is 1.25 bits per heavy atom. The molecule has 2 aliphatic carbocycles. The summed E-state index contributed by atoms with van der Waals surface area (Å²) in [6.07, 6.45) is 15.6. The molecule has 0 bridgehead atoms. The number of hydrogen-bond donors (Lipinski definition) is 1. The van der Waals surface area contributed by atoms with E-state index in [0.717, 1.165) is 0 Å². The molecule has 0 aliphatic heterocycles. The zero-order valence-electron chi connectivity index (χ0n) is 30.1. The van der Waals surface area contributed by atoms with Gasteiger partial charge in [-0.1, -0.05) is 60.7 Å². The van der Waals surface area contributed by atoms with Gasteiger partial charge in [0.1, 0.15) is 0 Å². The maximum absolute atomic E-state index is 4.62. The van der Waals surface area contributed by atoms with Crippen LogP contribution in [0.15, 0.2) is 141 Å². The van der Waals surface area contributed by atoms with Crippen molar-refractivity contribution in [3.05, 3.63) is 141 Å². The second-order valence-corrected chi connectivity index (χ2v) is 28.0. The molecule has 4 aromatic carbocycles. The van der Waals surface area contributed by atoms with Gasteiger partial charge in [0, 0.05) is 0 Å². The first kappa shape index (κ1) is 36.7. The van der Waals surface area contributed by atoms with Gasteiger partial charge in [0.25, 0.3) is 0 Å². The van der Waals surface area contributed by atoms with Crippen molar-refractivity contribution in [1.29, 1.82) is 0 Å². The molecule has 1 unspecified atom stereocenters. The minimum absolute atomic E-state index is 0.612. The maximum atomic E-state index is 4.62. The molecular formula is C45H58NSiZr. The molecule has 1 N–H and O–H groups in total. The van der Waals surface area contributed by atoms with Crippen molar-refractivity contribution >= 4 is 16.3 Å². The summed E-state index contributed by atoms with van der Waals surface area (Å²) in [5.74, 6) is -0.771. The van der Waals surface area contributed by atoms with Crippen LogP contribution in [0.5, 0.6) is 0 Å². The fraction of sp³-hybridized carbons (Fsp3) is 0.378. The van der Waals surface area contributed by atoms with Gasteiger partial charge >= 0.3 is 232 Å². The summed E-state index contributed by atoms with van der Waals surface area (Å²) in [5, 5.41) is 3.29. The molecule has 251 valence electrons. The summed E-state index contributed by atoms with van der Waals surface area (Å²) in [5.41, 5.74) is 7.38. The Balaban J connectivity index is 0.000000313. The second-order valence-electron chi connectivity index (χ2n) is 14.1. The Kier molecular flexibility index (Phi) is 15.0. The van der Waals surface area contributed by atoms with E-state index < -0.39 is 27.1 Å². The molecule has 3 heteroatoms. The molecule has 0 saturated heterocycles. The minimum Gasteiger partial charge on any atom is -0.0622 e. The van der Waals surface area contributed by atoms with Crippen LogP contribution in [-0.4, -0.2) is 12.0 Å². The van der Waals surface area contributed by atoms with Crippen LogP contribution >= 0.6 is 0 Å². The molecule has 1 saturated carbocycles. The summed E-state index contributed by atoms with van der Waals surface area (Å²) in [7, 11) is 0. The Hall–Kier alpha value is -2.58. The van der Waals surface area contributed by atoms with Gasteiger partial charge in [0.05, 0.1) is 0 Å². The third kappa shape index (κ3) is 10.2. The Morgan fingerprint density at radius 2 is 0.875 bits per heavy atom. The van der Waals surface area contributed by atoms with E-state index in [0.29, 0.717) is 12.0 Å². The molecule has 1 nitrogen and oxygen atoms in total. The van der Waals surface area contributed by atoms with E-state index in [9.17, 15) is 0 Å². The van der Waals surface area contributed by atoms with E-state index in [1.165, 1.54) is 81.8 Å². The topological polar surface area (TPSA) is 12.0 Å². The molecular weight excluding hydrogens is 674 g/mol. The van der Waals surface area contributed by atoms with Crippen molar-refractivity contribution in [1.82, 2.24) is 3.26 Å². The Labute approximate surface area is 301 Å². The van der Waals surface area contributed by atoms with Gasteiger partial charge in [-0.3, -0.25) is 0 Å². The van der Waals surface area contributed by atoms with Crippen LogP contribution in [0.3, 0.4) is 0 Å². The van der Waals surface area contributed by atoms with E-state index in [2.05, 4.69) is 140 Å². The summed E-state index contributed by atoms with van der Waals surface area (Å²) >= 11 is -2.27. The maximum Gasteiger partial charge on any atom is -0.0184 e. The Bertz CT molecular complexity index is 1480. The van der Waals surface area contributed by atoms with Crippen LogP contribution in [-0.2, 0) is 21.2 Å². The SMILES string of the molecule is CC1=C(C)C(C)[C]([Zr]([NH]C2CCCCCCCCCCC2)[SiH](c2ccccc2)c2ccccc2)=C1C.c1ccc(-c2ccccc2)cc1. The van der Waals surface area contributed by atoms with Crippen LogP contribution in [0.1, 0.15) is 98.3 Å². The molecule has 48 heavy (non-hydrogen) atoms. The molecule has 4 aromatic rings. The van der Waals surface area contributed by atoms with Crippen molar-refractivity contribution in [2.24, 2.45) is 5.92 Å². The first-order chi connectivity index (χ1) is 23.5. The van der Waals surface area contributed by atoms with Gasteiger partial charge in [0.2, 0.25) is 0 Å². The fourth-order valence-corrected chi connectivity index (χ4v) is 31.2. The van der Waals surface area contributed by atoms with E-state index in [-0.39, 0.29) is 0 Å². The zero-order valence-corrected chi connectivity index (χ0v) is 33.7. The van der Waals surface area contributed by atoms with Gasteiger partial charge in [0.15, 0.2) is 0 Å². The molecule has 1 fully saturated rings.